The Morgan fingerprint density at radius 3 is 2.69 bits per heavy atom. The van der Waals surface area contributed by atoms with E-state index in [9.17, 15) is 4.79 Å². The number of nitrogens with zero attached hydrogens (tertiary/aromatic N) is 5. The molecule has 2 atom stereocenters. The number of carbonyl (C=O) groups is 1. The fraction of sp³-hybridized carbons (Fsp3) is 0.520. The standard InChI is InChI=1S/C21H25N5O.2C2H6.H2O.H2/c1-5-24-26(4)19-11-22-12-23-21(19)13(2)6-7-14-8-18-17(16-9-15(14)16)10-20(27)25(18)3;2*1-2;;/h5,8,11-12,15-16H,2,6-7,9-10H2,1,3-4H3;2*1-2H3;1H2;1H/b24-5+;;;;. The van der Waals surface area contributed by atoms with E-state index in [1.54, 1.807) is 23.7 Å². The Labute approximate surface area is 194 Å². The summed E-state index contributed by atoms with van der Waals surface area (Å²) in [4.78, 5) is 22.4. The molecule has 178 valence electrons. The van der Waals surface area contributed by atoms with Crippen molar-refractivity contribution >= 4 is 23.4 Å². The molecule has 0 aromatic carbocycles. The lowest BCUT2D eigenvalue weighted by Crippen LogP contribution is -2.19. The average Bonchev–Trinajstić information content (AvgIpc) is 3.56. The smallest absolute Gasteiger partial charge is 0.230 e. The van der Waals surface area contributed by atoms with Crippen LogP contribution >= 0.6 is 0 Å². The first kappa shape index (κ1) is 27.2. The molecule has 7 heteroatoms. The summed E-state index contributed by atoms with van der Waals surface area (Å²) in [5.41, 5.74) is 6.62. The van der Waals surface area contributed by atoms with Gasteiger partial charge in [0.25, 0.3) is 0 Å². The van der Waals surface area contributed by atoms with E-state index in [1.165, 1.54) is 17.6 Å². The number of fused-ring (bicyclic) bond motifs is 2. The molecule has 1 aromatic heterocycles. The average molecular weight is 444 g/mol. The molecule has 1 fully saturated rings. The van der Waals surface area contributed by atoms with Crippen LogP contribution in [0.3, 0.4) is 0 Å². The van der Waals surface area contributed by atoms with Crippen molar-refractivity contribution < 1.29 is 11.7 Å². The Hall–Kier alpha value is -2.80. The Morgan fingerprint density at radius 1 is 1.34 bits per heavy atom. The highest BCUT2D eigenvalue weighted by atomic mass is 16.2. The molecule has 0 radical (unpaired) electrons. The fourth-order valence-corrected chi connectivity index (χ4v) is 4.24. The summed E-state index contributed by atoms with van der Waals surface area (Å²) in [5.74, 6) is 1.42. The quantitative estimate of drug-likeness (QED) is 0.463. The second kappa shape index (κ2) is 12.3. The van der Waals surface area contributed by atoms with Crippen LogP contribution in [-0.2, 0) is 4.79 Å². The van der Waals surface area contributed by atoms with Crippen LogP contribution in [0.15, 0.2) is 47.1 Å². The van der Waals surface area contributed by atoms with Crippen LogP contribution in [-0.4, -0.2) is 46.6 Å². The molecule has 2 N–H and O–H groups in total. The molecule has 1 saturated carbocycles. The van der Waals surface area contributed by atoms with Gasteiger partial charge >= 0.3 is 0 Å². The normalized spacial score (nSPS) is 20.2. The summed E-state index contributed by atoms with van der Waals surface area (Å²) in [6.45, 7) is 14.2. The molecule has 0 bridgehead atoms. The minimum absolute atomic E-state index is 0. The molecule has 4 rings (SSSR count). The van der Waals surface area contributed by atoms with Gasteiger partial charge in [0.05, 0.1) is 18.3 Å². The van der Waals surface area contributed by atoms with Gasteiger partial charge in [0.15, 0.2) is 0 Å². The number of aromatic nitrogens is 2. The third-order valence-electron chi connectivity index (χ3n) is 5.82. The lowest BCUT2D eigenvalue weighted by Gasteiger charge is -2.20. The van der Waals surface area contributed by atoms with E-state index in [-0.39, 0.29) is 12.8 Å². The number of amides is 1. The molecule has 1 aliphatic heterocycles. The van der Waals surface area contributed by atoms with Crippen molar-refractivity contribution in [3.05, 3.63) is 47.7 Å². The first-order valence-electron chi connectivity index (χ1n) is 11.4. The predicted molar refractivity (Wildman–Crippen MR) is 135 cm³/mol. The molecule has 2 unspecified atom stereocenters. The molecular formula is C25H41N5O2. The van der Waals surface area contributed by atoms with Gasteiger partial charge in [-0.3, -0.25) is 9.80 Å². The van der Waals surface area contributed by atoms with Crippen molar-refractivity contribution in [3.63, 3.8) is 0 Å². The summed E-state index contributed by atoms with van der Waals surface area (Å²) < 4.78 is 0. The van der Waals surface area contributed by atoms with Crippen LogP contribution in [0.2, 0.25) is 0 Å². The Kier molecular flexibility index (Phi) is 10.5. The summed E-state index contributed by atoms with van der Waals surface area (Å²) in [5, 5.41) is 6.06. The largest absolute Gasteiger partial charge is 0.412 e. The minimum Gasteiger partial charge on any atom is -0.412 e. The van der Waals surface area contributed by atoms with E-state index in [2.05, 4.69) is 27.7 Å². The maximum atomic E-state index is 12.0. The number of rotatable bonds is 6. The fourth-order valence-electron chi connectivity index (χ4n) is 4.24. The summed E-state index contributed by atoms with van der Waals surface area (Å²) >= 11 is 0. The van der Waals surface area contributed by atoms with Crippen LogP contribution in [0.4, 0.5) is 5.69 Å². The number of allylic oxidation sites excluding steroid dienone is 3. The van der Waals surface area contributed by atoms with Crippen molar-refractivity contribution in [2.24, 2.45) is 16.9 Å². The molecule has 0 saturated heterocycles. The molecule has 7 nitrogen and oxygen atoms in total. The van der Waals surface area contributed by atoms with Gasteiger partial charge in [0.2, 0.25) is 5.91 Å². The first-order valence-corrected chi connectivity index (χ1v) is 11.4. The van der Waals surface area contributed by atoms with Crippen molar-refractivity contribution in [3.8, 4) is 0 Å². The zero-order chi connectivity index (χ0) is 23.1. The number of hydrogen-bond donors (Lipinski definition) is 0. The van der Waals surface area contributed by atoms with Gasteiger partial charge < -0.3 is 10.4 Å². The van der Waals surface area contributed by atoms with Crippen LogP contribution in [0, 0.1) is 11.8 Å². The van der Waals surface area contributed by atoms with Gasteiger partial charge in [-0.1, -0.05) is 39.8 Å². The highest BCUT2D eigenvalue weighted by Gasteiger charge is 2.48. The molecule has 2 heterocycles. The topological polar surface area (TPSA) is 93.2 Å². The van der Waals surface area contributed by atoms with E-state index in [4.69, 9.17) is 0 Å². The highest BCUT2D eigenvalue weighted by molar-refractivity contribution is 5.86. The second-order valence-corrected chi connectivity index (χ2v) is 7.47. The summed E-state index contributed by atoms with van der Waals surface area (Å²) in [6.07, 6.45) is 10.9. The van der Waals surface area contributed by atoms with Crippen molar-refractivity contribution in [2.45, 2.75) is 60.3 Å². The van der Waals surface area contributed by atoms with E-state index in [1.807, 2.05) is 53.6 Å². The molecule has 32 heavy (non-hydrogen) atoms. The number of likely N-dealkylation sites (N-methyl/N-ethyl adjacent to an activating group) is 1. The first-order chi connectivity index (χ1) is 15.0. The lowest BCUT2D eigenvalue weighted by atomic mass is 9.91. The van der Waals surface area contributed by atoms with Crippen LogP contribution < -0.4 is 5.01 Å². The van der Waals surface area contributed by atoms with E-state index < -0.39 is 0 Å². The van der Waals surface area contributed by atoms with Gasteiger partial charge in [-0.25, -0.2) is 9.97 Å². The molecule has 2 aliphatic carbocycles. The summed E-state index contributed by atoms with van der Waals surface area (Å²) in [6, 6.07) is 0. The maximum absolute atomic E-state index is 12.0. The van der Waals surface area contributed by atoms with E-state index in [0.717, 1.165) is 35.5 Å². The molecule has 3 aliphatic rings. The van der Waals surface area contributed by atoms with E-state index >= 15 is 0 Å². The third-order valence-corrected chi connectivity index (χ3v) is 5.82. The van der Waals surface area contributed by atoms with Crippen molar-refractivity contribution in [1.29, 1.82) is 0 Å². The monoisotopic (exact) mass is 443 g/mol. The minimum atomic E-state index is 0. The second-order valence-electron chi connectivity index (χ2n) is 7.47. The number of carbonyl (C=O) groups excluding carboxylic acids is 1. The maximum Gasteiger partial charge on any atom is 0.230 e. The van der Waals surface area contributed by atoms with Gasteiger partial charge in [0.1, 0.15) is 12.0 Å². The lowest BCUT2D eigenvalue weighted by molar-refractivity contribution is -0.126. The Balaban J connectivity index is 0.00000162. The molecule has 1 aromatic rings. The van der Waals surface area contributed by atoms with Crippen LogP contribution in [0.25, 0.3) is 5.57 Å². The van der Waals surface area contributed by atoms with Gasteiger partial charge in [-0.2, -0.15) is 5.10 Å². The number of hydrogen-bond acceptors (Lipinski definition) is 5. The molecular weight excluding hydrogens is 402 g/mol. The van der Waals surface area contributed by atoms with Gasteiger partial charge in [-0.05, 0) is 55.2 Å². The number of hydrazone groups is 1. The van der Waals surface area contributed by atoms with Crippen LogP contribution in [0.1, 0.15) is 67.4 Å². The van der Waals surface area contributed by atoms with Gasteiger partial charge in [-0.15, -0.1) is 0 Å². The van der Waals surface area contributed by atoms with Crippen LogP contribution in [0.5, 0.6) is 0 Å². The third kappa shape index (κ3) is 5.51. The Bertz CT molecular complexity index is 910. The highest BCUT2D eigenvalue weighted by Crippen LogP contribution is 2.57. The SMILES string of the molecule is C=C(CCC1=CC2=C(CC(=O)N2C)C2CC12)c1ncncc1N(C)/N=C/C.CC.CC.O.[HH]. The Morgan fingerprint density at radius 2 is 2.03 bits per heavy atom. The van der Waals surface area contributed by atoms with Gasteiger partial charge in [0, 0.05) is 27.4 Å². The summed E-state index contributed by atoms with van der Waals surface area (Å²) in [7, 11) is 3.77. The number of anilines is 1. The van der Waals surface area contributed by atoms with E-state index in [0.29, 0.717) is 18.3 Å². The zero-order valence-electron chi connectivity index (χ0n) is 20.6. The molecule has 1 amide bonds. The van der Waals surface area contributed by atoms with Crippen molar-refractivity contribution in [1.82, 2.24) is 14.9 Å². The zero-order valence-corrected chi connectivity index (χ0v) is 20.6. The molecule has 0 spiro atoms. The van der Waals surface area contributed by atoms with Crippen molar-refractivity contribution in [2.75, 3.05) is 19.1 Å². The predicted octanol–water partition coefficient (Wildman–Crippen LogP) is 4.88.